The number of hydrogen-bond donors (Lipinski definition) is 1. The van der Waals surface area contributed by atoms with E-state index in [9.17, 15) is 14.9 Å². The maximum absolute atomic E-state index is 12.3. The number of nitriles is 1. The van der Waals surface area contributed by atoms with Crippen molar-refractivity contribution in [2.24, 2.45) is 0 Å². The molecule has 0 heterocycles. The second-order valence-corrected chi connectivity index (χ2v) is 5.49. The molecule has 0 aliphatic rings. The van der Waals surface area contributed by atoms with Gasteiger partial charge in [0.05, 0.1) is 13.7 Å². The van der Waals surface area contributed by atoms with Crippen LogP contribution in [0.1, 0.15) is 12.5 Å². The molecule has 1 N–H and O–H groups in total. The number of nitrogens with zero attached hydrogens (tertiary/aromatic N) is 1. The van der Waals surface area contributed by atoms with Gasteiger partial charge in [-0.05, 0) is 42.8 Å². The van der Waals surface area contributed by atoms with Crippen LogP contribution in [0, 0.1) is 11.3 Å². The van der Waals surface area contributed by atoms with E-state index in [0.29, 0.717) is 22.7 Å². The van der Waals surface area contributed by atoms with E-state index in [-0.39, 0.29) is 18.8 Å². The number of nitrogens with one attached hydrogen (secondary N) is 1. The standard InChI is InChI=1S/C21H20N2O5/c1-3-27-20(24)14-28-18-10-9-15(12-19(18)26-2)11-16(13-22)21(25)23-17-7-5-4-6-8-17/h4-12H,3,14H2,1-2H3,(H,23,25)/b16-11-. The number of rotatable bonds is 8. The van der Waals surface area contributed by atoms with Crippen molar-refractivity contribution in [3.05, 3.63) is 59.7 Å². The summed E-state index contributed by atoms with van der Waals surface area (Å²) in [6.07, 6.45) is 1.44. The number of esters is 1. The minimum absolute atomic E-state index is 0.0638. The lowest BCUT2D eigenvalue weighted by Crippen LogP contribution is -2.15. The lowest BCUT2D eigenvalue weighted by molar-refractivity contribution is -0.145. The van der Waals surface area contributed by atoms with Crippen molar-refractivity contribution in [2.45, 2.75) is 6.92 Å². The Kier molecular flexibility index (Phi) is 7.61. The highest BCUT2D eigenvalue weighted by Crippen LogP contribution is 2.29. The molecular weight excluding hydrogens is 360 g/mol. The molecule has 144 valence electrons. The van der Waals surface area contributed by atoms with E-state index in [1.807, 2.05) is 12.1 Å². The smallest absolute Gasteiger partial charge is 0.344 e. The third kappa shape index (κ3) is 5.88. The van der Waals surface area contributed by atoms with Crippen LogP contribution in [0.3, 0.4) is 0 Å². The highest BCUT2D eigenvalue weighted by atomic mass is 16.6. The summed E-state index contributed by atoms with van der Waals surface area (Å²) in [5.74, 6) is -0.299. The Balaban J connectivity index is 2.15. The Bertz CT molecular complexity index is 901. The van der Waals surface area contributed by atoms with Crippen LogP contribution < -0.4 is 14.8 Å². The molecule has 0 spiro atoms. The summed E-state index contributed by atoms with van der Waals surface area (Å²) in [6, 6.07) is 15.6. The number of methoxy groups -OCH3 is 1. The maximum Gasteiger partial charge on any atom is 0.344 e. The molecule has 0 atom stereocenters. The average Bonchev–Trinajstić information content (AvgIpc) is 2.71. The highest BCUT2D eigenvalue weighted by Gasteiger charge is 2.12. The van der Waals surface area contributed by atoms with E-state index in [4.69, 9.17) is 14.2 Å². The van der Waals surface area contributed by atoms with E-state index in [1.54, 1.807) is 49.4 Å². The molecule has 0 saturated heterocycles. The quantitative estimate of drug-likeness (QED) is 0.429. The number of benzene rings is 2. The molecule has 2 aromatic carbocycles. The SMILES string of the molecule is CCOC(=O)COc1ccc(/C=C(/C#N)C(=O)Nc2ccccc2)cc1OC. The summed E-state index contributed by atoms with van der Waals surface area (Å²) < 4.78 is 15.5. The van der Waals surface area contributed by atoms with Crippen molar-refractivity contribution >= 4 is 23.6 Å². The maximum atomic E-state index is 12.3. The predicted octanol–water partition coefficient (Wildman–Crippen LogP) is 3.18. The fourth-order valence-corrected chi connectivity index (χ4v) is 2.27. The lowest BCUT2D eigenvalue weighted by Gasteiger charge is -2.11. The van der Waals surface area contributed by atoms with Crippen LogP contribution in [-0.4, -0.2) is 32.2 Å². The van der Waals surface area contributed by atoms with Crippen molar-refractivity contribution < 1.29 is 23.8 Å². The normalized spacial score (nSPS) is 10.5. The number of hydrogen-bond acceptors (Lipinski definition) is 6. The summed E-state index contributed by atoms with van der Waals surface area (Å²) in [5, 5.41) is 12.0. The number of anilines is 1. The fraction of sp³-hybridized carbons (Fsp3) is 0.190. The molecular formula is C21H20N2O5. The number of carbonyl (C=O) groups is 2. The summed E-state index contributed by atoms with van der Waals surface area (Å²) in [5.41, 5.74) is 1.10. The van der Waals surface area contributed by atoms with Crippen molar-refractivity contribution in [1.29, 1.82) is 5.26 Å². The van der Waals surface area contributed by atoms with Gasteiger partial charge in [-0.25, -0.2) is 4.79 Å². The van der Waals surface area contributed by atoms with Crippen molar-refractivity contribution in [1.82, 2.24) is 0 Å². The van der Waals surface area contributed by atoms with Gasteiger partial charge in [0.15, 0.2) is 18.1 Å². The third-order valence-corrected chi connectivity index (χ3v) is 3.55. The summed E-state index contributed by atoms with van der Waals surface area (Å²) in [6.45, 7) is 1.73. The number of para-hydroxylation sites is 1. The fourth-order valence-electron chi connectivity index (χ4n) is 2.27. The molecule has 7 heteroatoms. The van der Waals surface area contributed by atoms with Gasteiger partial charge in [-0.3, -0.25) is 4.79 Å². The van der Waals surface area contributed by atoms with Gasteiger partial charge >= 0.3 is 5.97 Å². The van der Waals surface area contributed by atoms with E-state index < -0.39 is 11.9 Å². The number of ether oxygens (including phenoxy) is 3. The molecule has 2 rings (SSSR count). The second-order valence-electron chi connectivity index (χ2n) is 5.49. The van der Waals surface area contributed by atoms with Crippen LogP contribution in [0.2, 0.25) is 0 Å². The minimum atomic E-state index is -0.518. The van der Waals surface area contributed by atoms with Crippen LogP contribution in [0.5, 0.6) is 11.5 Å². The van der Waals surface area contributed by atoms with E-state index in [2.05, 4.69) is 5.32 Å². The van der Waals surface area contributed by atoms with Crippen molar-refractivity contribution in [3.63, 3.8) is 0 Å². The van der Waals surface area contributed by atoms with E-state index in [0.717, 1.165) is 0 Å². The van der Waals surface area contributed by atoms with Crippen LogP contribution in [0.4, 0.5) is 5.69 Å². The lowest BCUT2D eigenvalue weighted by atomic mass is 10.1. The van der Waals surface area contributed by atoms with Gasteiger partial charge in [0.2, 0.25) is 0 Å². The van der Waals surface area contributed by atoms with Gasteiger partial charge in [-0.15, -0.1) is 0 Å². The molecule has 0 fully saturated rings. The summed E-state index contributed by atoms with van der Waals surface area (Å²) >= 11 is 0. The minimum Gasteiger partial charge on any atom is -0.493 e. The van der Waals surface area contributed by atoms with Crippen LogP contribution in [0.15, 0.2) is 54.1 Å². The zero-order chi connectivity index (χ0) is 20.4. The first-order valence-corrected chi connectivity index (χ1v) is 8.52. The molecule has 0 radical (unpaired) electrons. The molecule has 1 amide bonds. The number of carbonyl (C=O) groups excluding carboxylic acids is 2. The zero-order valence-corrected chi connectivity index (χ0v) is 15.6. The van der Waals surface area contributed by atoms with Crippen molar-refractivity contribution in [3.8, 4) is 17.6 Å². The van der Waals surface area contributed by atoms with Gasteiger partial charge in [0.1, 0.15) is 11.6 Å². The summed E-state index contributed by atoms with van der Waals surface area (Å²) in [7, 11) is 1.45. The van der Waals surface area contributed by atoms with Gasteiger partial charge in [-0.1, -0.05) is 24.3 Å². The molecule has 0 bridgehead atoms. The Morgan fingerprint density at radius 3 is 2.54 bits per heavy atom. The first-order valence-electron chi connectivity index (χ1n) is 8.52. The molecule has 0 saturated carbocycles. The predicted molar refractivity (Wildman–Crippen MR) is 104 cm³/mol. The zero-order valence-electron chi connectivity index (χ0n) is 15.6. The van der Waals surface area contributed by atoms with E-state index >= 15 is 0 Å². The largest absolute Gasteiger partial charge is 0.493 e. The van der Waals surface area contributed by atoms with Gasteiger partial charge < -0.3 is 19.5 Å². The first kappa shape index (κ1) is 20.5. The monoisotopic (exact) mass is 380 g/mol. The second kappa shape index (κ2) is 10.4. The Morgan fingerprint density at radius 1 is 1.14 bits per heavy atom. The van der Waals surface area contributed by atoms with Crippen LogP contribution in [-0.2, 0) is 14.3 Å². The average molecular weight is 380 g/mol. The third-order valence-electron chi connectivity index (χ3n) is 3.55. The molecule has 0 unspecified atom stereocenters. The Labute approximate surface area is 163 Å². The van der Waals surface area contributed by atoms with Crippen LogP contribution >= 0.6 is 0 Å². The van der Waals surface area contributed by atoms with Gasteiger partial charge in [0.25, 0.3) is 5.91 Å². The van der Waals surface area contributed by atoms with Gasteiger partial charge in [-0.2, -0.15) is 5.26 Å². The Hall–Kier alpha value is -3.79. The topological polar surface area (TPSA) is 97.7 Å². The molecule has 0 aliphatic heterocycles. The molecule has 0 aromatic heterocycles. The molecule has 0 aliphatic carbocycles. The summed E-state index contributed by atoms with van der Waals surface area (Å²) in [4.78, 5) is 23.7. The van der Waals surface area contributed by atoms with E-state index in [1.165, 1.54) is 13.2 Å². The number of amides is 1. The first-order chi connectivity index (χ1) is 13.6. The van der Waals surface area contributed by atoms with Crippen LogP contribution in [0.25, 0.3) is 6.08 Å². The highest BCUT2D eigenvalue weighted by molar-refractivity contribution is 6.09. The Morgan fingerprint density at radius 2 is 1.89 bits per heavy atom. The van der Waals surface area contributed by atoms with Crippen molar-refractivity contribution in [2.75, 3.05) is 25.6 Å². The molecule has 2 aromatic rings. The molecule has 7 nitrogen and oxygen atoms in total. The molecule has 28 heavy (non-hydrogen) atoms. The van der Waals surface area contributed by atoms with Gasteiger partial charge in [0, 0.05) is 5.69 Å².